The number of rotatable bonds is 70. The molecule has 0 fully saturated rings. The molecule has 0 aliphatic carbocycles. The van der Waals surface area contributed by atoms with E-state index in [4.69, 9.17) is 37.0 Å². The highest BCUT2D eigenvalue weighted by Gasteiger charge is 2.30. The largest absolute Gasteiger partial charge is 0.472 e. The van der Waals surface area contributed by atoms with Gasteiger partial charge in [0, 0.05) is 25.7 Å². The van der Waals surface area contributed by atoms with Crippen LogP contribution in [0.1, 0.15) is 297 Å². The minimum absolute atomic E-state index is 0.0707. The van der Waals surface area contributed by atoms with Gasteiger partial charge in [-0.25, -0.2) is 9.13 Å². The standard InChI is InChI=1S/C79H134O17P2/c1-5-9-13-17-21-25-29-32-34-36-38-41-44-47-51-55-59-63-76(81)89-69-74(95-78(83)65-61-57-53-49-43-28-24-20-16-12-8-4)71-93-97(85,86)91-67-73(80)68-92-98(87,88)94-72-75(96-79(84)66-62-58-54-50-46-40-31-27-23-19-15-11-7-3)70-90-77(82)64-60-56-52-48-45-42-39-37-35-33-30-26-22-18-14-10-6-2/h9-10,13-15,19,21-22,25-27,31-35,38-39,41-42,73-75,80H,5-8,11-12,16-18,20,23-24,28-30,36-37,40,43-72H2,1-4H3,(H,85,86)(H,87,88)/b13-9-,14-10-,19-15-,25-21-,26-22-,31-27-,34-32-,35-33-,41-38-,42-39-. The van der Waals surface area contributed by atoms with E-state index in [0.29, 0.717) is 25.7 Å². The molecule has 0 aromatic carbocycles. The zero-order chi connectivity index (χ0) is 71.8. The number of aliphatic hydroxyl groups is 1. The highest BCUT2D eigenvalue weighted by molar-refractivity contribution is 7.47. The van der Waals surface area contributed by atoms with Gasteiger partial charge < -0.3 is 33.8 Å². The van der Waals surface area contributed by atoms with Crippen molar-refractivity contribution in [3.63, 3.8) is 0 Å². The minimum atomic E-state index is -4.98. The van der Waals surface area contributed by atoms with Crippen molar-refractivity contribution in [3.8, 4) is 0 Å². The van der Waals surface area contributed by atoms with Gasteiger partial charge in [-0.1, -0.05) is 265 Å². The molecule has 3 N–H and O–H groups in total. The number of hydrogen-bond acceptors (Lipinski definition) is 15. The van der Waals surface area contributed by atoms with E-state index in [1.165, 1.54) is 38.5 Å². The van der Waals surface area contributed by atoms with Crippen LogP contribution >= 0.6 is 15.6 Å². The first-order valence-corrected chi connectivity index (χ1v) is 40.8. The Hall–Kier alpha value is -4.54. The lowest BCUT2D eigenvalue weighted by Gasteiger charge is -2.21. The van der Waals surface area contributed by atoms with Gasteiger partial charge in [0.1, 0.15) is 19.3 Å². The molecule has 562 valence electrons. The molecule has 98 heavy (non-hydrogen) atoms. The fourth-order valence-corrected chi connectivity index (χ4v) is 11.3. The molecular formula is C79H134O17P2. The first-order chi connectivity index (χ1) is 47.7. The summed E-state index contributed by atoms with van der Waals surface area (Å²) in [4.78, 5) is 72.8. The number of allylic oxidation sites excluding steroid dienone is 20. The second-order valence-electron chi connectivity index (χ2n) is 24.8. The molecule has 0 aliphatic heterocycles. The number of unbranched alkanes of at least 4 members (excludes halogenated alkanes) is 24. The van der Waals surface area contributed by atoms with Gasteiger partial charge in [0.2, 0.25) is 0 Å². The fraction of sp³-hybridized carbons (Fsp3) is 0.696. The Morgan fingerprint density at radius 3 is 0.857 bits per heavy atom. The van der Waals surface area contributed by atoms with Crippen molar-refractivity contribution in [1.29, 1.82) is 0 Å². The smallest absolute Gasteiger partial charge is 0.462 e. The predicted octanol–water partition coefficient (Wildman–Crippen LogP) is 21.6. The summed E-state index contributed by atoms with van der Waals surface area (Å²) in [5, 5.41) is 10.6. The first kappa shape index (κ1) is 93.5. The number of carbonyl (C=O) groups excluding carboxylic acids is 4. The van der Waals surface area contributed by atoms with Crippen LogP contribution in [0, 0.1) is 0 Å². The van der Waals surface area contributed by atoms with Crippen LogP contribution in [0.3, 0.4) is 0 Å². The van der Waals surface area contributed by atoms with Crippen LogP contribution in [-0.2, 0) is 65.4 Å². The number of carbonyl (C=O) groups is 4. The molecule has 0 bridgehead atoms. The average molecular weight is 1420 g/mol. The van der Waals surface area contributed by atoms with Crippen LogP contribution in [0.5, 0.6) is 0 Å². The Morgan fingerprint density at radius 1 is 0.296 bits per heavy atom. The Morgan fingerprint density at radius 2 is 0.551 bits per heavy atom. The number of ether oxygens (including phenoxy) is 4. The molecule has 17 nitrogen and oxygen atoms in total. The molecule has 0 spiro atoms. The summed E-state index contributed by atoms with van der Waals surface area (Å²) >= 11 is 0. The van der Waals surface area contributed by atoms with E-state index >= 15 is 0 Å². The number of esters is 4. The number of hydrogen-bond donors (Lipinski definition) is 3. The summed E-state index contributed by atoms with van der Waals surface area (Å²) in [5.74, 6) is -2.24. The molecule has 0 aromatic rings. The van der Waals surface area contributed by atoms with Crippen molar-refractivity contribution >= 4 is 39.5 Å². The van der Waals surface area contributed by atoms with E-state index in [0.717, 1.165) is 180 Å². The van der Waals surface area contributed by atoms with Gasteiger partial charge >= 0.3 is 39.5 Å². The van der Waals surface area contributed by atoms with E-state index in [9.17, 15) is 43.2 Å². The zero-order valence-corrected chi connectivity index (χ0v) is 63.0. The molecule has 0 amide bonds. The van der Waals surface area contributed by atoms with Gasteiger partial charge in [-0.3, -0.25) is 37.3 Å². The van der Waals surface area contributed by atoms with Crippen molar-refractivity contribution in [3.05, 3.63) is 122 Å². The maximum absolute atomic E-state index is 13.1. The van der Waals surface area contributed by atoms with Crippen molar-refractivity contribution < 1.29 is 80.2 Å². The van der Waals surface area contributed by atoms with Crippen molar-refractivity contribution in [2.75, 3.05) is 39.6 Å². The summed E-state index contributed by atoms with van der Waals surface area (Å²) < 4.78 is 68.4. The molecule has 19 heteroatoms. The van der Waals surface area contributed by atoms with Crippen molar-refractivity contribution in [2.45, 2.75) is 316 Å². The molecule has 0 aliphatic rings. The predicted molar refractivity (Wildman–Crippen MR) is 399 cm³/mol. The lowest BCUT2D eigenvalue weighted by atomic mass is 10.1. The maximum atomic E-state index is 13.1. The van der Waals surface area contributed by atoms with Crippen LogP contribution < -0.4 is 0 Å². The molecule has 0 aromatic heterocycles. The number of phosphoric ester groups is 2. The minimum Gasteiger partial charge on any atom is -0.462 e. The maximum Gasteiger partial charge on any atom is 0.472 e. The molecule has 0 saturated carbocycles. The summed E-state index contributed by atoms with van der Waals surface area (Å²) in [6.45, 7) is 4.50. The Kier molecular flexibility index (Phi) is 67.6. The van der Waals surface area contributed by atoms with Crippen LogP contribution in [0.2, 0.25) is 0 Å². The first-order valence-electron chi connectivity index (χ1n) is 37.8. The summed E-state index contributed by atoms with van der Waals surface area (Å²) in [7, 11) is -9.96. The average Bonchev–Trinajstić information content (AvgIpc) is 0.973. The molecule has 5 unspecified atom stereocenters. The van der Waals surface area contributed by atoms with E-state index in [2.05, 4.69) is 149 Å². The van der Waals surface area contributed by atoms with Crippen LogP contribution in [0.4, 0.5) is 0 Å². The van der Waals surface area contributed by atoms with Crippen LogP contribution in [-0.4, -0.2) is 96.7 Å². The second-order valence-corrected chi connectivity index (χ2v) is 27.7. The molecule has 0 saturated heterocycles. The number of aliphatic hydroxyl groups excluding tert-OH is 1. The number of phosphoric acid groups is 2. The summed E-state index contributed by atoms with van der Waals surface area (Å²) in [5.41, 5.74) is 0. The van der Waals surface area contributed by atoms with Gasteiger partial charge in [-0.2, -0.15) is 0 Å². The molecule has 0 radical (unpaired) electrons. The Bertz CT molecular complexity index is 2340. The lowest BCUT2D eigenvalue weighted by Crippen LogP contribution is -2.30. The van der Waals surface area contributed by atoms with Crippen molar-refractivity contribution in [2.24, 2.45) is 0 Å². The van der Waals surface area contributed by atoms with Gasteiger partial charge in [0.25, 0.3) is 0 Å². The van der Waals surface area contributed by atoms with E-state index in [1.54, 1.807) is 0 Å². The normalized spacial score (nSPS) is 14.6. The quantitative estimate of drug-likeness (QED) is 0.0169. The topological polar surface area (TPSA) is 237 Å². The van der Waals surface area contributed by atoms with Gasteiger partial charge in [-0.15, -0.1) is 0 Å². The highest BCUT2D eigenvalue weighted by Crippen LogP contribution is 2.45. The fourth-order valence-electron chi connectivity index (χ4n) is 9.71. The van der Waals surface area contributed by atoms with E-state index < -0.39 is 97.5 Å². The Labute approximate surface area is 593 Å². The van der Waals surface area contributed by atoms with E-state index in [-0.39, 0.29) is 25.7 Å². The van der Waals surface area contributed by atoms with E-state index in [1.807, 2.05) is 0 Å². The van der Waals surface area contributed by atoms with Gasteiger partial charge in [-0.05, 0) is 128 Å². The second kappa shape index (κ2) is 70.9. The third-order valence-corrected chi connectivity index (χ3v) is 17.3. The lowest BCUT2D eigenvalue weighted by molar-refractivity contribution is -0.161. The third-order valence-electron chi connectivity index (χ3n) is 15.4. The monoisotopic (exact) mass is 1420 g/mol. The van der Waals surface area contributed by atoms with Gasteiger partial charge in [0.15, 0.2) is 12.2 Å². The molecule has 5 atom stereocenters. The van der Waals surface area contributed by atoms with Gasteiger partial charge in [0.05, 0.1) is 26.4 Å². The zero-order valence-electron chi connectivity index (χ0n) is 61.2. The van der Waals surface area contributed by atoms with Crippen LogP contribution in [0.25, 0.3) is 0 Å². The molecule has 0 heterocycles. The highest BCUT2D eigenvalue weighted by atomic mass is 31.2. The van der Waals surface area contributed by atoms with Crippen LogP contribution in [0.15, 0.2) is 122 Å². The van der Waals surface area contributed by atoms with Crippen molar-refractivity contribution in [1.82, 2.24) is 0 Å². The molecular weight excluding hydrogens is 1280 g/mol. The SMILES string of the molecule is CC/C=C\C/C=C\C/C=C\C/C=C\CCCCCCC(=O)OCC(COP(=O)(O)OCC(O)COP(=O)(O)OCC(COC(=O)CCCCCC/C=C\C/C=C\C/C=C\C/C=C\CC)OC(=O)CCCCCCCCCCCCC)OC(=O)CCCCCCC/C=C\C/C=C\CCC. The third kappa shape index (κ3) is 69.9. The summed E-state index contributed by atoms with van der Waals surface area (Å²) in [6.07, 6.45) is 76.2. The summed E-state index contributed by atoms with van der Waals surface area (Å²) in [6, 6.07) is 0. The molecule has 0 rings (SSSR count). The Balaban J connectivity index is 5.36.